The van der Waals surface area contributed by atoms with Crippen LogP contribution in [0.15, 0.2) is 95.8 Å². The average Bonchev–Trinajstić information content (AvgIpc) is 3.60. The highest BCUT2D eigenvalue weighted by molar-refractivity contribution is 5.79. The van der Waals surface area contributed by atoms with Crippen molar-refractivity contribution in [2.24, 2.45) is 7.05 Å². The Bertz CT molecular complexity index is 1880. The van der Waals surface area contributed by atoms with E-state index in [9.17, 15) is 9.59 Å². The predicted molar refractivity (Wildman–Crippen MR) is 178 cm³/mol. The van der Waals surface area contributed by atoms with E-state index < -0.39 is 5.60 Å². The molecule has 0 bridgehead atoms. The number of hydrogen-bond donors (Lipinski definition) is 0. The molecule has 1 aliphatic rings. The van der Waals surface area contributed by atoms with Crippen molar-refractivity contribution >= 4 is 17.0 Å². The van der Waals surface area contributed by atoms with Crippen molar-refractivity contribution in [1.82, 2.24) is 19.0 Å². The van der Waals surface area contributed by atoms with E-state index in [0.717, 1.165) is 47.2 Å². The third-order valence-electron chi connectivity index (χ3n) is 8.10. The molecule has 1 saturated heterocycles. The number of fused-ring (bicyclic) bond motifs is 1. The second-order valence-electron chi connectivity index (χ2n) is 12.8. The largest absolute Gasteiger partial charge is 0.473 e. The molecule has 0 radical (unpaired) electrons. The van der Waals surface area contributed by atoms with Gasteiger partial charge in [-0.05, 0) is 74.5 Å². The summed E-state index contributed by atoms with van der Waals surface area (Å²) in [7, 11) is 1.78. The minimum atomic E-state index is -0.503. The lowest BCUT2D eigenvalue weighted by molar-refractivity contribution is -0.155. The fourth-order valence-electron chi connectivity index (χ4n) is 5.88. The van der Waals surface area contributed by atoms with Crippen molar-refractivity contribution < 1.29 is 19.0 Å². The second-order valence-corrected chi connectivity index (χ2v) is 12.8. The number of aryl methyl sites for hydroxylation is 1. The van der Waals surface area contributed by atoms with Gasteiger partial charge in [-0.1, -0.05) is 66.7 Å². The van der Waals surface area contributed by atoms with Crippen LogP contribution in [0, 0.1) is 0 Å². The van der Waals surface area contributed by atoms with Crippen LogP contribution in [0.25, 0.3) is 16.7 Å². The zero-order chi connectivity index (χ0) is 32.3. The number of nitrogens with zero attached hydrogens (tertiary/aromatic N) is 4. The number of esters is 1. The van der Waals surface area contributed by atoms with Crippen molar-refractivity contribution in [3.8, 4) is 17.4 Å². The van der Waals surface area contributed by atoms with Crippen molar-refractivity contribution in [3.05, 3.63) is 118 Å². The Balaban J connectivity index is 1.28. The van der Waals surface area contributed by atoms with E-state index >= 15 is 0 Å². The monoisotopic (exact) mass is 620 g/mol. The van der Waals surface area contributed by atoms with Gasteiger partial charge in [-0.2, -0.15) is 4.98 Å². The quantitative estimate of drug-likeness (QED) is 0.177. The molecule has 2 aromatic heterocycles. The first-order valence-corrected chi connectivity index (χ1v) is 15.6. The maximum absolute atomic E-state index is 13.8. The van der Waals surface area contributed by atoms with Gasteiger partial charge in [-0.3, -0.25) is 18.8 Å². The van der Waals surface area contributed by atoms with Crippen LogP contribution in [-0.2, 0) is 29.8 Å². The molecule has 1 aliphatic heterocycles. The minimum Gasteiger partial charge on any atom is -0.473 e. The van der Waals surface area contributed by atoms with Gasteiger partial charge in [0.1, 0.15) is 24.5 Å². The van der Waals surface area contributed by atoms with Gasteiger partial charge in [0, 0.05) is 19.7 Å². The highest BCUT2D eigenvalue weighted by atomic mass is 16.6. The Morgan fingerprint density at radius 2 is 1.54 bits per heavy atom. The molecule has 5 aromatic rings. The third-order valence-corrected chi connectivity index (χ3v) is 8.10. The molecule has 0 aliphatic carbocycles. The van der Waals surface area contributed by atoms with E-state index in [1.807, 2.05) is 93.6 Å². The van der Waals surface area contributed by atoms with Crippen LogP contribution in [0.1, 0.15) is 49.8 Å². The number of rotatable bonds is 10. The Labute approximate surface area is 269 Å². The summed E-state index contributed by atoms with van der Waals surface area (Å²) >= 11 is 0. The molecule has 1 fully saturated rings. The van der Waals surface area contributed by atoms with Gasteiger partial charge < -0.3 is 14.2 Å². The molecule has 3 aromatic carbocycles. The summed E-state index contributed by atoms with van der Waals surface area (Å²) in [6.07, 6.45) is 0.925. The number of ether oxygens (including phenoxy) is 3. The molecule has 1 unspecified atom stereocenters. The van der Waals surface area contributed by atoms with Gasteiger partial charge >= 0.3 is 11.7 Å². The summed E-state index contributed by atoms with van der Waals surface area (Å²) < 4.78 is 21.1. The number of pyridine rings is 1. The van der Waals surface area contributed by atoms with Crippen LogP contribution in [0.4, 0.5) is 0 Å². The Morgan fingerprint density at radius 3 is 2.22 bits per heavy atom. The van der Waals surface area contributed by atoms with Gasteiger partial charge in [0.2, 0.25) is 11.8 Å². The zero-order valence-corrected chi connectivity index (χ0v) is 26.8. The molecular formula is C37H40N4O5. The zero-order valence-electron chi connectivity index (χ0n) is 26.8. The maximum atomic E-state index is 13.8. The summed E-state index contributed by atoms with van der Waals surface area (Å²) in [5.74, 6) is 0.751. The number of imidazole rings is 1. The van der Waals surface area contributed by atoms with Crippen molar-refractivity contribution in [3.63, 3.8) is 0 Å². The van der Waals surface area contributed by atoms with Crippen LogP contribution in [0.2, 0.25) is 0 Å². The van der Waals surface area contributed by atoms with Crippen LogP contribution < -0.4 is 15.2 Å². The lowest BCUT2D eigenvalue weighted by Crippen LogP contribution is -2.33. The summed E-state index contributed by atoms with van der Waals surface area (Å²) in [6, 6.07) is 29.5. The topological polar surface area (TPSA) is 87.8 Å². The molecule has 0 amide bonds. The lowest BCUT2D eigenvalue weighted by Gasteiger charge is -2.22. The molecule has 1 atom stereocenters. The van der Waals surface area contributed by atoms with Gasteiger partial charge in [-0.25, -0.2) is 4.79 Å². The van der Waals surface area contributed by atoms with E-state index in [0.29, 0.717) is 24.1 Å². The van der Waals surface area contributed by atoms with Gasteiger partial charge in [0.05, 0.1) is 17.6 Å². The number of hydrogen-bond acceptors (Lipinski definition) is 7. The van der Waals surface area contributed by atoms with Crippen molar-refractivity contribution in [2.75, 3.05) is 19.6 Å². The highest BCUT2D eigenvalue weighted by Gasteiger charge is 2.28. The number of likely N-dealkylation sites (tertiary alicyclic amines) is 1. The van der Waals surface area contributed by atoms with Crippen LogP contribution in [0.3, 0.4) is 0 Å². The Morgan fingerprint density at radius 1 is 0.870 bits per heavy atom. The molecule has 46 heavy (non-hydrogen) atoms. The number of aromatic nitrogens is 3. The minimum absolute atomic E-state index is 0.200. The molecule has 3 heterocycles. The van der Waals surface area contributed by atoms with Crippen molar-refractivity contribution in [1.29, 1.82) is 0 Å². The molecule has 0 spiro atoms. The van der Waals surface area contributed by atoms with E-state index in [2.05, 4.69) is 17.0 Å². The second kappa shape index (κ2) is 13.2. The van der Waals surface area contributed by atoms with Gasteiger partial charge in [0.25, 0.3) is 0 Å². The Kier molecular flexibility index (Phi) is 8.94. The summed E-state index contributed by atoms with van der Waals surface area (Å²) in [5.41, 5.74) is 4.54. The number of benzene rings is 3. The summed E-state index contributed by atoms with van der Waals surface area (Å²) in [6.45, 7) is 8.13. The van der Waals surface area contributed by atoms with E-state index in [1.165, 1.54) is 0 Å². The number of carbonyl (C=O) groups excluding carboxylic acids is 1. The normalized spacial score (nSPS) is 15.3. The molecule has 9 heteroatoms. The third kappa shape index (κ3) is 7.15. The molecule has 6 rings (SSSR count). The first kappa shape index (κ1) is 31.1. The highest BCUT2D eigenvalue weighted by Crippen LogP contribution is 2.32. The summed E-state index contributed by atoms with van der Waals surface area (Å²) in [4.78, 5) is 33.0. The Hall–Kier alpha value is -4.89. The molecule has 0 saturated carbocycles. The van der Waals surface area contributed by atoms with Gasteiger partial charge in [0.15, 0.2) is 0 Å². The molecule has 9 nitrogen and oxygen atoms in total. The first-order chi connectivity index (χ1) is 22.1. The van der Waals surface area contributed by atoms with E-state index in [1.54, 1.807) is 22.2 Å². The SMILES string of the molecule is Cn1c(=O)n(-c2ccc(OCc3ccccc3)nc2OCc2ccccc2)c2ccc(C3CCN(CC(=O)OC(C)(C)C)C3)cc21. The lowest BCUT2D eigenvalue weighted by atomic mass is 9.98. The van der Waals surface area contributed by atoms with E-state index in [-0.39, 0.29) is 30.7 Å². The van der Waals surface area contributed by atoms with E-state index in [4.69, 9.17) is 19.2 Å². The number of carbonyl (C=O) groups is 1. The fourth-order valence-corrected chi connectivity index (χ4v) is 5.88. The predicted octanol–water partition coefficient (Wildman–Crippen LogP) is 6.01. The van der Waals surface area contributed by atoms with Crippen LogP contribution in [0.5, 0.6) is 11.8 Å². The average molecular weight is 621 g/mol. The molecular weight excluding hydrogens is 580 g/mol. The van der Waals surface area contributed by atoms with Crippen LogP contribution in [-0.4, -0.2) is 50.2 Å². The standard InChI is InChI=1S/C37H40N4O5/c1-37(2,3)46-34(42)23-40-20-19-29(22-40)28-15-16-30-32(21-28)39(4)36(43)41(30)31-17-18-33(44-24-26-11-7-5-8-12-26)38-35(31)45-25-27-13-9-6-10-14-27/h5-18,21,29H,19-20,22-25H2,1-4H3. The first-order valence-electron chi connectivity index (χ1n) is 15.6. The fraction of sp³-hybridized carbons (Fsp3) is 0.324. The smallest absolute Gasteiger partial charge is 0.333 e. The molecule has 238 valence electrons. The van der Waals surface area contributed by atoms with Crippen LogP contribution >= 0.6 is 0 Å². The van der Waals surface area contributed by atoms with Crippen molar-refractivity contribution in [2.45, 2.75) is 51.9 Å². The van der Waals surface area contributed by atoms with Gasteiger partial charge in [-0.15, -0.1) is 0 Å². The maximum Gasteiger partial charge on any atom is 0.333 e. The molecule has 0 N–H and O–H groups in total. The summed E-state index contributed by atoms with van der Waals surface area (Å²) in [5, 5.41) is 0.